The summed E-state index contributed by atoms with van der Waals surface area (Å²) in [4.78, 5) is 26.1. The Kier molecular flexibility index (Phi) is 6.07. The zero-order chi connectivity index (χ0) is 13.5. The maximum absolute atomic E-state index is 11.9. The first-order valence-corrected chi connectivity index (χ1v) is 6.34. The molecule has 1 unspecified atom stereocenters. The fourth-order valence-electron chi connectivity index (χ4n) is 2.21. The van der Waals surface area contributed by atoms with Crippen LogP contribution in [-0.2, 0) is 9.59 Å². The summed E-state index contributed by atoms with van der Waals surface area (Å²) >= 11 is 0. The number of carboxylic acids is 1. The van der Waals surface area contributed by atoms with Crippen molar-refractivity contribution in [2.75, 3.05) is 46.8 Å². The van der Waals surface area contributed by atoms with Crippen LogP contribution in [0, 0.1) is 5.92 Å². The predicted molar refractivity (Wildman–Crippen MR) is 68.4 cm³/mol. The molecule has 1 rings (SSSR count). The molecule has 6 heteroatoms. The van der Waals surface area contributed by atoms with Gasteiger partial charge in [0.25, 0.3) is 0 Å². The number of hydrogen-bond acceptors (Lipinski definition) is 4. The van der Waals surface area contributed by atoms with E-state index >= 15 is 0 Å². The second kappa shape index (κ2) is 7.33. The van der Waals surface area contributed by atoms with Crippen molar-refractivity contribution in [3.8, 4) is 0 Å². The summed E-state index contributed by atoms with van der Waals surface area (Å²) < 4.78 is 0. The molecule has 1 heterocycles. The number of carboxylic acid groups (broad SMARTS) is 1. The average molecular weight is 257 g/mol. The number of aliphatic carboxylic acids is 1. The van der Waals surface area contributed by atoms with E-state index in [1.807, 2.05) is 23.9 Å². The topological polar surface area (TPSA) is 72.9 Å². The smallest absolute Gasteiger partial charge is 0.317 e. The summed E-state index contributed by atoms with van der Waals surface area (Å²) in [7, 11) is 3.77. The zero-order valence-electron chi connectivity index (χ0n) is 11.2. The Labute approximate surface area is 108 Å². The standard InChI is InChI=1S/C12H23N3O3/c1-14(2)9-11(16)15-5-3-4-10(8-15)6-13-7-12(17)18/h10,13H,3-9H2,1-2H3,(H,17,18). The number of hydrogen-bond donors (Lipinski definition) is 2. The highest BCUT2D eigenvalue weighted by molar-refractivity contribution is 5.78. The maximum atomic E-state index is 11.9. The predicted octanol–water partition coefficient (Wildman–Crippen LogP) is -0.539. The van der Waals surface area contributed by atoms with E-state index in [0.29, 0.717) is 19.0 Å². The van der Waals surface area contributed by atoms with Gasteiger partial charge in [0.2, 0.25) is 5.91 Å². The van der Waals surface area contributed by atoms with Crippen molar-refractivity contribution in [2.24, 2.45) is 5.92 Å². The Hall–Kier alpha value is -1.14. The van der Waals surface area contributed by atoms with Crippen LogP contribution in [0.15, 0.2) is 0 Å². The highest BCUT2D eigenvalue weighted by Crippen LogP contribution is 2.15. The van der Waals surface area contributed by atoms with Crippen LogP contribution in [0.25, 0.3) is 0 Å². The minimum atomic E-state index is -0.841. The first kappa shape index (κ1) is 14.9. The van der Waals surface area contributed by atoms with Gasteiger partial charge in [0.1, 0.15) is 0 Å². The van der Waals surface area contributed by atoms with Gasteiger partial charge in [-0.3, -0.25) is 9.59 Å². The van der Waals surface area contributed by atoms with Crippen molar-refractivity contribution in [2.45, 2.75) is 12.8 Å². The largest absolute Gasteiger partial charge is 0.480 e. The Morgan fingerprint density at radius 2 is 2.17 bits per heavy atom. The highest BCUT2D eigenvalue weighted by Gasteiger charge is 2.23. The van der Waals surface area contributed by atoms with Gasteiger partial charge in [0.15, 0.2) is 0 Å². The van der Waals surface area contributed by atoms with E-state index in [-0.39, 0.29) is 12.5 Å². The molecule has 0 aromatic heterocycles. The Bertz CT molecular complexity index is 294. The number of amides is 1. The molecule has 18 heavy (non-hydrogen) atoms. The normalized spacial score (nSPS) is 20.2. The number of nitrogens with one attached hydrogen (secondary N) is 1. The second-order valence-electron chi connectivity index (χ2n) is 5.11. The van der Waals surface area contributed by atoms with Crippen LogP contribution in [0.1, 0.15) is 12.8 Å². The summed E-state index contributed by atoms with van der Waals surface area (Å²) in [5, 5.41) is 11.5. The van der Waals surface area contributed by atoms with Crippen LogP contribution >= 0.6 is 0 Å². The number of piperidine rings is 1. The SMILES string of the molecule is CN(C)CC(=O)N1CCCC(CNCC(=O)O)C1. The van der Waals surface area contributed by atoms with Crippen LogP contribution in [0.5, 0.6) is 0 Å². The lowest BCUT2D eigenvalue weighted by Crippen LogP contribution is -2.46. The molecule has 0 bridgehead atoms. The van der Waals surface area contributed by atoms with Crippen LogP contribution < -0.4 is 5.32 Å². The van der Waals surface area contributed by atoms with Gasteiger partial charge in [-0.05, 0) is 32.9 Å². The van der Waals surface area contributed by atoms with E-state index in [9.17, 15) is 9.59 Å². The molecule has 104 valence electrons. The third-order valence-electron chi connectivity index (χ3n) is 3.03. The van der Waals surface area contributed by atoms with E-state index in [2.05, 4.69) is 5.32 Å². The Morgan fingerprint density at radius 3 is 2.78 bits per heavy atom. The first-order chi connectivity index (χ1) is 8.49. The van der Waals surface area contributed by atoms with Crippen molar-refractivity contribution in [3.63, 3.8) is 0 Å². The highest BCUT2D eigenvalue weighted by atomic mass is 16.4. The van der Waals surface area contributed by atoms with E-state index in [0.717, 1.165) is 25.9 Å². The fraction of sp³-hybridized carbons (Fsp3) is 0.833. The number of likely N-dealkylation sites (N-methyl/N-ethyl adjacent to an activating group) is 1. The third-order valence-corrected chi connectivity index (χ3v) is 3.03. The molecule has 0 aromatic carbocycles. The molecule has 1 amide bonds. The maximum Gasteiger partial charge on any atom is 0.317 e. The molecule has 1 aliphatic rings. The molecule has 1 saturated heterocycles. The van der Waals surface area contributed by atoms with Crippen molar-refractivity contribution in [1.29, 1.82) is 0 Å². The van der Waals surface area contributed by atoms with Crippen LogP contribution in [-0.4, -0.2) is 73.6 Å². The van der Waals surface area contributed by atoms with Gasteiger partial charge in [0, 0.05) is 19.6 Å². The molecule has 0 aromatic rings. The van der Waals surface area contributed by atoms with Crippen LogP contribution in [0.2, 0.25) is 0 Å². The lowest BCUT2D eigenvalue weighted by atomic mass is 9.98. The monoisotopic (exact) mass is 257 g/mol. The van der Waals surface area contributed by atoms with Crippen molar-refractivity contribution in [1.82, 2.24) is 15.1 Å². The molecule has 0 spiro atoms. The van der Waals surface area contributed by atoms with Crippen LogP contribution in [0.4, 0.5) is 0 Å². The minimum absolute atomic E-state index is 0.0118. The molecular weight excluding hydrogens is 234 g/mol. The number of likely N-dealkylation sites (tertiary alicyclic amines) is 1. The first-order valence-electron chi connectivity index (χ1n) is 6.34. The zero-order valence-corrected chi connectivity index (χ0v) is 11.2. The molecule has 0 radical (unpaired) electrons. The molecule has 1 aliphatic heterocycles. The van der Waals surface area contributed by atoms with Crippen LogP contribution in [0.3, 0.4) is 0 Å². The van der Waals surface area contributed by atoms with Crippen molar-refractivity contribution < 1.29 is 14.7 Å². The quantitative estimate of drug-likeness (QED) is 0.668. The van der Waals surface area contributed by atoms with Crippen molar-refractivity contribution >= 4 is 11.9 Å². The van der Waals surface area contributed by atoms with Gasteiger partial charge in [-0.1, -0.05) is 0 Å². The summed E-state index contributed by atoms with van der Waals surface area (Å²) in [6, 6.07) is 0. The fourth-order valence-corrected chi connectivity index (χ4v) is 2.21. The third kappa shape index (κ3) is 5.46. The summed E-state index contributed by atoms with van der Waals surface area (Å²) in [5.74, 6) is -0.321. The number of carbonyl (C=O) groups is 2. The molecule has 0 aliphatic carbocycles. The Morgan fingerprint density at radius 1 is 1.44 bits per heavy atom. The molecular formula is C12H23N3O3. The molecule has 6 nitrogen and oxygen atoms in total. The summed E-state index contributed by atoms with van der Waals surface area (Å²) in [6.45, 7) is 2.65. The number of nitrogens with zero attached hydrogens (tertiary/aromatic N) is 2. The number of carbonyl (C=O) groups excluding carboxylic acids is 1. The molecule has 2 N–H and O–H groups in total. The lowest BCUT2D eigenvalue weighted by Gasteiger charge is -2.33. The van der Waals surface area contributed by atoms with Gasteiger partial charge < -0.3 is 20.2 Å². The van der Waals surface area contributed by atoms with E-state index in [1.165, 1.54) is 0 Å². The molecule has 0 saturated carbocycles. The minimum Gasteiger partial charge on any atom is -0.480 e. The summed E-state index contributed by atoms with van der Waals surface area (Å²) in [6.07, 6.45) is 2.05. The van der Waals surface area contributed by atoms with Gasteiger partial charge >= 0.3 is 5.97 Å². The Balaban J connectivity index is 2.31. The van der Waals surface area contributed by atoms with Gasteiger partial charge in [0.05, 0.1) is 13.1 Å². The van der Waals surface area contributed by atoms with Gasteiger partial charge in [-0.25, -0.2) is 0 Å². The van der Waals surface area contributed by atoms with E-state index in [1.54, 1.807) is 0 Å². The van der Waals surface area contributed by atoms with Gasteiger partial charge in [-0.2, -0.15) is 0 Å². The summed E-state index contributed by atoms with van der Waals surface area (Å²) in [5.41, 5.74) is 0. The van der Waals surface area contributed by atoms with E-state index in [4.69, 9.17) is 5.11 Å². The van der Waals surface area contributed by atoms with Gasteiger partial charge in [-0.15, -0.1) is 0 Å². The second-order valence-corrected chi connectivity index (χ2v) is 5.11. The molecule has 1 atom stereocenters. The lowest BCUT2D eigenvalue weighted by molar-refractivity contribution is -0.136. The van der Waals surface area contributed by atoms with E-state index < -0.39 is 5.97 Å². The average Bonchev–Trinajstić information content (AvgIpc) is 2.28. The van der Waals surface area contributed by atoms with Crippen molar-refractivity contribution in [3.05, 3.63) is 0 Å². The number of rotatable bonds is 6. The molecule has 1 fully saturated rings.